The van der Waals surface area contributed by atoms with E-state index in [0.717, 1.165) is 12.1 Å². The molecule has 5 nitrogen and oxygen atoms in total. The molecule has 0 aliphatic carbocycles. The number of nitro groups is 1. The second kappa shape index (κ2) is 5.60. The Morgan fingerprint density at radius 1 is 1.25 bits per heavy atom. The first-order chi connectivity index (χ1) is 9.51. The molecule has 104 valence electrons. The third-order valence-corrected chi connectivity index (χ3v) is 2.56. The van der Waals surface area contributed by atoms with Crippen LogP contribution in [0.15, 0.2) is 30.3 Å². The van der Waals surface area contributed by atoms with Crippen molar-refractivity contribution in [2.75, 3.05) is 11.9 Å². The first kappa shape index (κ1) is 13.9. The zero-order chi connectivity index (χ0) is 14.7. The van der Waals surface area contributed by atoms with Gasteiger partial charge in [-0.1, -0.05) is 0 Å². The minimum atomic E-state index is -0.815. The van der Waals surface area contributed by atoms with Gasteiger partial charge in [-0.05, 0) is 25.1 Å². The molecule has 0 fully saturated rings. The van der Waals surface area contributed by atoms with Crippen LogP contribution >= 0.6 is 0 Å². The summed E-state index contributed by atoms with van der Waals surface area (Å²) in [5.74, 6) is -1.23. The minimum absolute atomic E-state index is 0.0222. The van der Waals surface area contributed by atoms with E-state index in [9.17, 15) is 18.9 Å². The Labute approximate surface area is 113 Å². The summed E-state index contributed by atoms with van der Waals surface area (Å²) in [5.41, 5.74) is -0.363. The first-order valence-electron chi connectivity index (χ1n) is 5.87. The van der Waals surface area contributed by atoms with Crippen molar-refractivity contribution < 1.29 is 13.7 Å². The van der Waals surface area contributed by atoms with Crippen LogP contribution in [0.2, 0.25) is 0 Å². The van der Waals surface area contributed by atoms with Crippen LogP contribution in [0.3, 0.4) is 0 Å². The summed E-state index contributed by atoms with van der Waals surface area (Å²) < 4.78 is 26.5. The molecule has 0 aliphatic rings. The number of anilines is 1. The van der Waals surface area contributed by atoms with Crippen LogP contribution < -0.4 is 5.32 Å². The van der Waals surface area contributed by atoms with E-state index in [0.29, 0.717) is 18.4 Å². The maximum Gasteiger partial charge on any atom is 0.295 e. The lowest BCUT2D eigenvalue weighted by Crippen LogP contribution is -2.02. The Bertz CT molecular complexity index is 642. The van der Waals surface area contributed by atoms with Gasteiger partial charge >= 0.3 is 0 Å². The van der Waals surface area contributed by atoms with E-state index in [2.05, 4.69) is 10.3 Å². The molecule has 1 aromatic heterocycles. The fraction of sp³-hybridized carbons (Fsp3) is 0.154. The van der Waals surface area contributed by atoms with Gasteiger partial charge < -0.3 is 5.32 Å². The van der Waals surface area contributed by atoms with Crippen LogP contribution in [-0.4, -0.2) is 16.5 Å². The number of nitrogens with zero attached hydrogens (tertiary/aromatic N) is 2. The molecule has 0 bridgehead atoms. The SMILES string of the molecule is CCNc1ccc([N+](=O)[O-])c(-c2cc(F)cc(F)c2)n1. The van der Waals surface area contributed by atoms with Crippen LogP contribution in [0.25, 0.3) is 11.3 Å². The number of aromatic nitrogens is 1. The second-order valence-corrected chi connectivity index (χ2v) is 4.01. The molecule has 0 atom stereocenters. The molecule has 0 aliphatic heterocycles. The second-order valence-electron chi connectivity index (χ2n) is 4.01. The molecule has 7 heteroatoms. The van der Waals surface area contributed by atoms with Gasteiger partial charge in [0.2, 0.25) is 0 Å². The Morgan fingerprint density at radius 3 is 2.45 bits per heavy atom. The number of rotatable bonds is 4. The molecule has 0 saturated carbocycles. The van der Waals surface area contributed by atoms with E-state index < -0.39 is 16.6 Å². The molecule has 0 saturated heterocycles. The topological polar surface area (TPSA) is 68.1 Å². The standard InChI is InChI=1S/C13H11F2N3O2/c1-2-16-12-4-3-11(18(19)20)13(17-12)8-5-9(14)7-10(15)6-8/h3-7H,2H2,1H3,(H,16,17). The van der Waals surface area contributed by atoms with Crippen LogP contribution in [0.1, 0.15) is 6.92 Å². The maximum absolute atomic E-state index is 13.2. The highest BCUT2D eigenvalue weighted by Gasteiger charge is 2.19. The molecule has 2 aromatic rings. The molecule has 1 N–H and O–H groups in total. The number of halogens is 2. The van der Waals surface area contributed by atoms with E-state index in [1.54, 1.807) is 0 Å². The Morgan fingerprint density at radius 2 is 1.90 bits per heavy atom. The molecule has 2 rings (SSSR count). The van der Waals surface area contributed by atoms with Gasteiger partial charge in [-0.15, -0.1) is 0 Å². The van der Waals surface area contributed by atoms with Crippen molar-refractivity contribution in [1.29, 1.82) is 0 Å². The molecule has 1 aromatic carbocycles. The number of pyridine rings is 1. The van der Waals surface area contributed by atoms with Gasteiger partial charge in [0.25, 0.3) is 5.69 Å². The monoisotopic (exact) mass is 279 g/mol. The van der Waals surface area contributed by atoms with Gasteiger partial charge in [-0.2, -0.15) is 0 Å². The van der Waals surface area contributed by atoms with Crippen molar-refractivity contribution in [3.63, 3.8) is 0 Å². The predicted octanol–water partition coefficient (Wildman–Crippen LogP) is 3.37. The molecule has 0 unspecified atom stereocenters. The van der Waals surface area contributed by atoms with Crippen LogP contribution in [0.5, 0.6) is 0 Å². The van der Waals surface area contributed by atoms with Gasteiger partial charge in [0.05, 0.1) is 4.92 Å². The number of nitrogens with one attached hydrogen (secondary N) is 1. The zero-order valence-electron chi connectivity index (χ0n) is 10.6. The van der Waals surface area contributed by atoms with E-state index in [1.807, 2.05) is 6.92 Å². The summed E-state index contributed by atoms with van der Waals surface area (Å²) in [6.07, 6.45) is 0. The van der Waals surface area contributed by atoms with E-state index in [1.165, 1.54) is 12.1 Å². The van der Waals surface area contributed by atoms with Crippen molar-refractivity contribution in [3.8, 4) is 11.3 Å². The fourth-order valence-electron chi connectivity index (χ4n) is 1.78. The molecular formula is C13H11F2N3O2. The van der Waals surface area contributed by atoms with E-state index in [4.69, 9.17) is 0 Å². The highest BCUT2D eigenvalue weighted by Crippen LogP contribution is 2.30. The Hall–Kier alpha value is -2.57. The summed E-state index contributed by atoms with van der Waals surface area (Å²) >= 11 is 0. The lowest BCUT2D eigenvalue weighted by molar-refractivity contribution is -0.384. The van der Waals surface area contributed by atoms with Crippen molar-refractivity contribution in [2.45, 2.75) is 6.92 Å². The van der Waals surface area contributed by atoms with Gasteiger partial charge in [-0.25, -0.2) is 13.8 Å². The summed E-state index contributed by atoms with van der Waals surface area (Å²) in [6.45, 7) is 2.41. The van der Waals surface area contributed by atoms with Gasteiger partial charge in [0.15, 0.2) is 5.69 Å². The molecule has 0 radical (unpaired) electrons. The zero-order valence-corrected chi connectivity index (χ0v) is 10.6. The lowest BCUT2D eigenvalue weighted by Gasteiger charge is -2.07. The van der Waals surface area contributed by atoms with Crippen LogP contribution in [0.4, 0.5) is 20.3 Å². The van der Waals surface area contributed by atoms with Gasteiger partial charge in [0.1, 0.15) is 17.5 Å². The van der Waals surface area contributed by atoms with E-state index in [-0.39, 0.29) is 16.9 Å². The largest absolute Gasteiger partial charge is 0.370 e. The van der Waals surface area contributed by atoms with Crippen molar-refractivity contribution in [1.82, 2.24) is 4.98 Å². The highest BCUT2D eigenvalue weighted by molar-refractivity contribution is 5.71. The number of benzene rings is 1. The first-order valence-corrected chi connectivity index (χ1v) is 5.87. The van der Waals surface area contributed by atoms with Gasteiger partial charge in [-0.3, -0.25) is 10.1 Å². The average molecular weight is 279 g/mol. The summed E-state index contributed by atoms with van der Waals surface area (Å²) in [6, 6.07) is 5.41. The van der Waals surface area contributed by atoms with E-state index >= 15 is 0 Å². The molecular weight excluding hydrogens is 268 g/mol. The maximum atomic E-state index is 13.2. The Kier molecular flexibility index (Phi) is 3.88. The smallest absolute Gasteiger partial charge is 0.295 e. The summed E-state index contributed by atoms with van der Waals surface area (Å²) in [7, 11) is 0. The third kappa shape index (κ3) is 2.87. The highest BCUT2D eigenvalue weighted by atomic mass is 19.1. The quantitative estimate of drug-likeness (QED) is 0.688. The average Bonchev–Trinajstić information content (AvgIpc) is 2.37. The molecule has 1 heterocycles. The normalized spacial score (nSPS) is 10.3. The minimum Gasteiger partial charge on any atom is -0.370 e. The molecule has 20 heavy (non-hydrogen) atoms. The Balaban J connectivity index is 2.62. The molecule has 0 spiro atoms. The van der Waals surface area contributed by atoms with Crippen LogP contribution in [0, 0.1) is 21.7 Å². The fourth-order valence-corrected chi connectivity index (χ4v) is 1.78. The van der Waals surface area contributed by atoms with Crippen molar-refractivity contribution >= 4 is 11.5 Å². The van der Waals surface area contributed by atoms with Crippen molar-refractivity contribution in [2.24, 2.45) is 0 Å². The number of hydrogen-bond acceptors (Lipinski definition) is 4. The number of hydrogen-bond donors (Lipinski definition) is 1. The van der Waals surface area contributed by atoms with Gasteiger partial charge in [0, 0.05) is 24.2 Å². The summed E-state index contributed by atoms with van der Waals surface area (Å²) in [4.78, 5) is 14.4. The third-order valence-electron chi connectivity index (χ3n) is 2.56. The van der Waals surface area contributed by atoms with Crippen molar-refractivity contribution in [3.05, 3.63) is 52.1 Å². The predicted molar refractivity (Wildman–Crippen MR) is 70.4 cm³/mol. The lowest BCUT2D eigenvalue weighted by atomic mass is 10.1. The molecule has 0 amide bonds. The van der Waals surface area contributed by atoms with Crippen LogP contribution in [-0.2, 0) is 0 Å². The summed E-state index contributed by atoms with van der Waals surface area (Å²) in [5, 5.41) is 13.9.